The Kier molecular flexibility index (Phi) is 4.66. The Bertz CT molecular complexity index is 796. The van der Waals surface area contributed by atoms with E-state index in [0.717, 1.165) is 17.2 Å². The quantitative estimate of drug-likeness (QED) is 0.494. The van der Waals surface area contributed by atoms with Crippen molar-refractivity contribution in [3.8, 4) is 0 Å². The van der Waals surface area contributed by atoms with E-state index in [1.165, 1.54) is 11.6 Å². The van der Waals surface area contributed by atoms with Crippen molar-refractivity contribution < 1.29 is 14.4 Å². The lowest BCUT2D eigenvalue weighted by Gasteiger charge is -2.34. The molecule has 0 saturated carbocycles. The number of allylic oxidation sites excluding steroid dienone is 1. The first kappa shape index (κ1) is 15.9. The molecule has 0 aromatic heterocycles. The Hall–Kier alpha value is -3.01. The van der Waals surface area contributed by atoms with Gasteiger partial charge in [-0.3, -0.25) is 14.4 Å². The number of carbonyl (C=O) groups excluding carboxylic acids is 3. The molecule has 3 rings (SSSR count). The van der Waals surface area contributed by atoms with Crippen LogP contribution in [0.3, 0.4) is 0 Å². The fourth-order valence-electron chi connectivity index (χ4n) is 3.04. The number of hydrogen-bond donors (Lipinski definition) is 0. The van der Waals surface area contributed by atoms with Crippen LogP contribution < -0.4 is 0 Å². The third-order valence-electron chi connectivity index (χ3n) is 4.21. The predicted octanol–water partition coefficient (Wildman–Crippen LogP) is 2.48. The molecule has 0 aliphatic carbocycles. The van der Waals surface area contributed by atoms with Crippen LogP contribution in [0.5, 0.6) is 0 Å². The van der Waals surface area contributed by atoms with E-state index < -0.39 is 5.78 Å². The number of fused-ring (bicyclic) bond motifs is 1. The maximum Gasteiger partial charge on any atom is 0.247 e. The third-order valence-corrected chi connectivity index (χ3v) is 4.21. The summed E-state index contributed by atoms with van der Waals surface area (Å²) in [6.07, 6.45) is 2.39. The van der Waals surface area contributed by atoms with Gasteiger partial charge in [-0.15, -0.1) is 0 Å². The zero-order valence-corrected chi connectivity index (χ0v) is 13.1. The molecule has 1 aliphatic rings. The van der Waals surface area contributed by atoms with Gasteiger partial charge in [-0.1, -0.05) is 54.6 Å². The van der Waals surface area contributed by atoms with Gasteiger partial charge in [0.05, 0.1) is 0 Å². The molecule has 0 radical (unpaired) electrons. The minimum atomic E-state index is -0.708. The van der Waals surface area contributed by atoms with Crippen molar-refractivity contribution in [3.63, 3.8) is 0 Å². The van der Waals surface area contributed by atoms with Crippen molar-refractivity contribution >= 4 is 18.0 Å². The number of hydrogen-bond acceptors (Lipinski definition) is 3. The van der Waals surface area contributed by atoms with Crippen molar-refractivity contribution in [2.24, 2.45) is 0 Å². The molecule has 1 amide bonds. The van der Waals surface area contributed by atoms with Crippen molar-refractivity contribution in [2.45, 2.75) is 12.5 Å². The van der Waals surface area contributed by atoms with Gasteiger partial charge in [0.1, 0.15) is 0 Å². The molecule has 2 aromatic carbocycles. The average Bonchev–Trinajstić information content (AvgIpc) is 2.65. The van der Waals surface area contributed by atoms with Gasteiger partial charge in [-0.25, -0.2) is 0 Å². The zero-order chi connectivity index (χ0) is 16.9. The van der Waals surface area contributed by atoms with E-state index in [1.807, 2.05) is 36.4 Å². The molecule has 0 unspecified atom stereocenters. The summed E-state index contributed by atoms with van der Waals surface area (Å²) in [6, 6.07) is 18.1. The van der Waals surface area contributed by atoms with Crippen LogP contribution in [0, 0.1) is 0 Å². The Morgan fingerprint density at radius 3 is 2.42 bits per heavy atom. The fraction of sp³-hybridized carbons (Fsp3) is 0.150. The van der Waals surface area contributed by atoms with E-state index in [0.29, 0.717) is 13.1 Å². The van der Waals surface area contributed by atoms with E-state index in [2.05, 4.69) is 18.2 Å². The van der Waals surface area contributed by atoms with Gasteiger partial charge in [-0.05, 0) is 22.8 Å². The second kappa shape index (κ2) is 7.04. The molecule has 1 heterocycles. The summed E-state index contributed by atoms with van der Waals surface area (Å²) >= 11 is 0. The van der Waals surface area contributed by atoms with Gasteiger partial charge >= 0.3 is 0 Å². The second-order valence-electron chi connectivity index (χ2n) is 5.73. The molecule has 2 aromatic rings. The summed E-state index contributed by atoms with van der Waals surface area (Å²) in [4.78, 5) is 35.5. The number of aldehydes is 1. The summed E-state index contributed by atoms with van der Waals surface area (Å²) < 4.78 is 0. The van der Waals surface area contributed by atoms with Crippen LogP contribution in [0.1, 0.15) is 22.6 Å². The second-order valence-corrected chi connectivity index (χ2v) is 5.73. The molecule has 4 nitrogen and oxygen atoms in total. The van der Waals surface area contributed by atoms with E-state index in [9.17, 15) is 14.4 Å². The van der Waals surface area contributed by atoms with Crippen LogP contribution in [-0.2, 0) is 20.9 Å². The highest BCUT2D eigenvalue weighted by Crippen LogP contribution is 2.33. The van der Waals surface area contributed by atoms with Crippen LogP contribution >= 0.6 is 0 Å². The molecule has 24 heavy (non-hydrogen) atoms. The van der Waals surface area contributed by atoms with Gasteiger partial charge in [-0.2, -0.15) is 0 Å². The summed E-state index contributed by atoms with van der Waals surface area (Å²) in [5, 5.41) is 0. The molecule has 4 heteroatoms. The maximum absolute atomic E-state index is 12.4. The molecule has 0 spiro atoms. The highest BCUT2D eigenvalue weighted by molar-refractivity contribution is 6.31. The Balaban J connectivity index is 1.91. The van der Waals surface area contributed by atoms with Gasteiger partial charge in [0, 0.05) is 25.1 Å². The molecule has 0 bridgehead atoms. The van der Waals surface area contributed by atoms with Gasteiger partial charge < -0.3 is 4.90 Å². The normalized spacial score (nSPS) is 16.7. The number of nitrogens with zero attached hydrogens (tertiary/aromatic N) is 1. The molecule has 0 N–H and O–H groups in total. The van der Waals surface area contributed by atoms with Crippen molar-refractivity contribution in [2.75, 3.05) is 6.54 Å². The number of benzene rings is 2. The van der Waals surface area contributed by atoms with E-state index in [1.54, 1.807) is 4.90 Å². The topological polar surface area (TPSA) is 54.5 Å². The van der Waals surface area contributed by atoms with Crippen LogP contribution in [-0.4, -0.2) is 29.4 Å². The molecule has 120 valence electrons. The lowest BCUT2D eigenvalue weighted by atomic mass is 9.84. The largest absolute Gasteiger partial charge is 0.334 e. The van der Waals surface area contributed by atoms with E-state index in [-0.39, 0.29) is 18.1 Å². The van der Waals surface area contributed by atoms with Crippen molar-refractivity contribution in [3.05, 3.63) is 83.4 Å². The summed E-state index contributed by atoms with van der Waals surface area (Å²) in [6.45, 7) is 1.04. The highest BCUT2D eigenvalue weighted by Gasteiger charge is 2.28. The number of carbonyl (C=O) groups is 3. The SMILES string of the molecule is O=CC(=O)/C=C/C(=O)N1Cc2ccccc2[C@@H](c2ccccc2)C1. The van der Waals surface area contributed by atoms with Crippen LogP contribution in [0.4, 0.5) is 0 Å². The van der Waals surface area contributed by atoms with Crippen molar-refractivity contribution in [1.29, 1.82) is 0 Å². The summed E-state index contributed by atoms with van der Waals surface area (Å²) in [7, 11) is 0. The lowest BCUT2D eigenvalue weighted by molar-refractivity contribution is -0.128. The predicted molar refractivity (Wildman–Crippen MR) is 90.4 cm³/mol. The van der Waals surface area contributed by atoms with Crippen LogP contribution in [0.25, 0.3) is 0 Å². The standard InChI is InChI=1S/C20H17NO3/c22-14-17(23)10-11-20(24)21-12-16-8-4-5-9-18(16)19(13-21)15-6-2-1-3-7-15/h1-11,14,19H,12-13H2/b11-10+/t19-/m1/s1. The van der Waals surface area contributed by atoms with E-state index in [4.69, 9.17) is 0 Å². The minimum absolute atomic E-state index is 0.0928. The van der Waals surface area contributed by atoms with Gasteiger partial charge in [0.25, 0.3) is 0 Å². The molecular weight excluding hydrogens is 302 g/mol. The first-order valence-electron chi connectivity index (χ1n) is 7.78. The number of amides is 1. The van der Waals surface area contributed by atoms with Crippen LogP contribution in [0.15, 0.2) is 66.7 Å². The summed E-state index contributed by atoms with van der Waals surface area (Å²) in [5.41, 5.74) is 3.47. The Morgan fingerprint density at radius 2 is 1.67 bits per heavy atom. The molecular formula is C20H17NO3. The molecule has 1 atom stereocenters. The van der Waals surface area contributed by atoms with Gasteiger partial charge in [0.2, 0.25) is 11.7 Å². The minimum Gasteiger partial charge on any atom is -0.334 e. The van der Waals surface area contributed by atoms with Crippen molar-refractivity contribution in [1.82, 2.24) is 4.90 Å². The highest BCUT2D eigenvalue weighted by atomic mass is 16.2. The molecule has 0 saturated heterocycles. The monoisotopic (exact) mass is 319 g/mol. The maximum atomic E-state index is 12.4. The summed E-state index contributed by atoms with van der Waals surface area (Å²) in [5.74, 6) is -0.878. The third kappa shape index (κ3) is 3.33. The number of ketones is 1. The number of rotatable bonds is 4. The first-order chi connectivity index (χ1) is 11.7. The Morgan fingerprint density at radius 1 is 0.958 bits per heavy atom. The average molecular weight is 319 g/mol. The lowest BCUT2D eigenvalue weighted by Crippen LogP contribution is -2.37. The van der Waals surface area contributed by atoms with E-state index >= 15 is 0 Å². The van der Waals surface area contributed by atoms with Gasteiger partial charge in [0.15, 0.2) is 6.29 Å². The molecule has 0 fully saturated rings. The fourth-order valence-corrected chi connectivity index (χ4v) is 3.04. The molecule has 1 aliphatic heterocycles. The van der Waals surface area contributed by atoms with Crippen LogP contribution in [0.2, 0.25) is 0 Å². The smallest absolute Gasteiger partial charge is 0.247 e. The zero-order valence-electron chi connectivity index (χ0n) is 13.1. The first-order valence-corrected chi connectivity index (χ1v) is 7.78. The Labute approximate surface area is 140 Å².